The third-order valence-corrected chi connectivity index (χ3v) is 5.24. The van der Waals surface area contributed by atoms with E-state index in [4.69, 9.17) is 4.98 Å². The summed E-state index contributed by atoms with van der Waals surface area (Å²) in [6, 6.07) is 8.47. The Labute approximate surface area is 139 Å². The van der Waals surface area contributed by atoms with Gasteiger partial charge in [-0.15, -0.1) is 0 Å². The summed E-state index contributed by atoms with van der Waals surface area (Å²) in [7, 11) is 0. The number of thiazole rings is 1. The highest BCUT2D eigenvalue weighted by Gasteiger charge is 2.22. The molecule has 5 heteroatoms. The van der Waals surface area contributed by atoms with Gasteiger partial charge in [-0.3, -0.25) is 4.40 Å². The minimum atomic E-state index is -0.867. The summed E-state index contributed by atoms with van der Waals surface area (Å²) in [6.07, 6.45) is 2.51. The van der Waals surface area contributed by atoms with E-state index in [2.05, 4.69) is 38.1 Å². The lowest BCUT2D eigenvalue weighted by molar-refractivity contribution is 0.0700. The second-order valence-electron chi connectivity index (χ2n) is 5.47. The first-order valence-corrected chi connectivity index (χ1v) is 8.77. The number of benzene rings is 1. The van der Waals surface area contributed by atoms with Crippen molar-refractivity contribution in [2.24, 2.45) is 0 Å². The van der Waals surface area contributed by atoms with Gasteiger partial charge >= 0.3 is 5.97 Å². The zero-order chi connectivity index (χ0) is 16.6. The number of aryl methyl sites for hydroxylation is 3. The number of carboxylic acid groups (broad SMARTS) is 1. The third kappa shape index (κ3) is 2.55. The fourth-order valence-corrected chi connectivity index (χ4v) is 4.04. The lowest BCUT2D eigenvalue weighted by Gasteiger charge is -2.05. The third-order valence-electron chi connectivity index (χ3n) is 4.17. The van der Waals surface area contributed by atoms with Crippen molar-refractivity contribution in [3.63, 3.8) is 0 Å². The summed E-state index contributed by atoms with van der Waals surface area (Å²) in [6.45, 7) is 6.22. The van der Waals surface area contributed by atoms with Gasteiger partial charge in [-0.1, -0.05) is 56.4 Å². The van der Waals surface area contributed by atoms with Crippen LogP contribution in [0.3, 0.4) is 0 Å². The predicted molar refractivity (Wildman–Crippen MR) is 93.6 cm³/mol. The molecule has 0 radical (unpaired) electrons. The normalized spacial score (nSPS) is 11.3. The number of hydrogen-bond acceptors (Lipinski definition) is 3. The molecule has 0 aliphatic heterocycles. The van der Waals surface area contributed by atoms with Gasteiger partial charge in [0.2, 0.25) is 0 Å². The molecule has 0 bridgehead atoms. The smallest absolute Gasteiger partial charge is 0.347 e. The Bertz CT molecular complexity index is 859. The Kier molecular flexibility index (Phi) is 4.22. The molecule has 3 rings (SSSR count). The Balaban J connectivity index is 2.22. The van der Waals surface area contributed by atoms with Crippen LogP contribution in [0.25, 0.3) is 16.2 Å². The van der Waals surface area contributed by atoms with Crippen molar-refractivity contribution < 1.29 is 9.90 Å². The maximum atomic E-state index is 11.4. The van der Waals surface area contributed by atoms with E-state index in [1.165, 1.54) is 16.9 Å². The van der Waals surface area contributed by atoms with Gasteiger partial charge in [0.1, 0.15) is 4.88 Å². The van der Waals surface area contributed by atoms with Gasteiger partial charge < -0.3 is 5.11 Å². The lowest BCUT2D eigenvalue weighted by atomic mass is 10.1. The number of imidazole rings is 1. The molecular weight excluding hydrogens is 308 g/mol. The Morgan fingerprint density at radius 2 is 1.74 bits per heavy atom. The van der Waals surface area contributed by atoms with E-state index in [0.717, 1.165) is 40.4 Å². The van der Waals surface area contributed by atoms with Crippen LogP contribution in [0, 0.1) is 0 Å². The zero-order valence-electron chi connectivity index (χ0n) is 13.6. The van der Waals surface area contributed by atoms with E-state index < -0.39 is 5.97 Å². The molecule has 2 heterocycles. The van der Waals surface area contributed by atoms with Crippen LogP contribution in [0.15, 0.2) is 24.3 Å². The number of hydrogen-bond donors (Lipinski definition) is 1. The zero-order valence-corrected chi connectivity index (χ0v) is 14.4. The Hall–Kier alpha value is -2.14. The van der Waals surface area contributed by atoms with Crippen LogP contribution < -0.4 is 0 Å². The second-order valence-corrected chi connectivity index (χ2v) is 6.44. The van der Waals surface area contributed by atoms with Crippen LogP contribution in [0.1, 0.15) is 47.4 Å². The summed E-state index contributed by atoms with van der Waals surface area (Å²) in [5.74, 6) is -0.867. The standard InChI is InChI=1S/C18H20N2O2S/c1-4-11-7-9-12(10-8-11)15-13(5-2)20-14(6-3)16(17(21)22)23-18(20)19-15/h7-10H,4-6H2,1-3H3,(H,21,22). The van der Waals surface area contributed by atoms with Crippen molar-refractivity contribution in [3.05, 3.63) is 46.1 Å². The first kappa shape index (κ1) is 15.7. The largest absolute Gasteiger partial charge is 0.477 e. The van der Waals surface area contributed by atoms with Crippen molar-refractivity contribution >= 4 is 22.3 Å². The maximum Gasteiger partial charge on any atom is 0.347 e. The van der Waals surface area contributed by atoms with Crippen molar-refractivity contribution in [2.75, 3.05) is 0 Å². The van der Waals surface area contributed by atoms with E-state index in [1.807, 2.05) is 11.3 Å². The number of nitrogens with zero attached hydrogens (tertiary/aromatic N) is 2. The molecule has 0 spiro atoms. The molecule has 0 aliphatic rings. The first-order chi connectivity index (χ1) is 11.1. The van der Waals surface area contributed by atoms with Crippen molar-refractivity contribution in [1.82, 2.24) is 9.38 Å². The van der Waals surface area contributed by atoms with E-state index in [0.29, 0.717) is 11.3 Å². The van der Waals surface area contributed by atoms with Gasteiger partial charge in [0.05, 0.1) is 11.4 Å². The molecule has 0 aliphatic carbocycles. The van der Waals surface area contributed by atoms with E-state index in [-0.39, 0.29) is 0 Å². The van der Waals surface area contributed by atoms with Gasteiger partial charge in [-0.25, -0.2) is 9.78 Å². The molecule has 0 fully saturated rings. The molecule has 0 saturated carbocycles. The topological polar surface area (TPSA) is 54.6 Å². The monoisotopic (exact) mass is 328 g/mol. The number of fused-ring (bicyclic) bond motifs is 1. The number of aromatic nitrogens is 2. The number of rotatable bonds is 5. The average molecular weight is 328 g/mol. The quantitative estimate of drug-likeness (QED) is 0.753. The molecule has 0 unspecified atom stereocenters. The number of carbonyl (C=O) groups is 1. The van der Waals surface area contributed by atoms with Crippen LogP contribution in [-0.2, 0) is 19.3 Å². The number of carboxylic acids is 1. The highest BCUT2D eigenvalue weighted by atomic mass is 32.1. The molecule has 0 atom stereocenters. The second kappa shape index (κ2) is 6.16. The van der Waals surface area contributed by atoms with E-state index in [9.17, 15) is 9.90 Å². The highest BCUT2D eigenvalue weighted by molar-refractivity contribution is 7.19. The van der Waals surface area contributed by atoms with Crippen molar-refractivity contribution in [1.29, 1.82) is 0 Å². The Morgan fingerprint density at radius 3 is 2.26 bits per heavy atom. The molecule has 120 valence electrons. The predicted octanol–water partition coefficient (Wildman–Crippen LogP) is 4.45. The summed E-state index contributed by atoms with van der Waals surface area (Å²) in [5.41, 5.74) is 5.29. The molecule has 23 heavy (non-hydrogen) atoms. The molecule has 4 nitrogen and oxygen atoms in total. The van der Waals surface area contributed by atoms with Crippen LogP contribution >= 0.6 is 11.3 Å². The van der Waals surface area contributed by atoms with Crippen LogP contribution in [0.4, 0.5) is 0 Å². The molecule has 0 amide bonds. The van der Waals surface area contributed by atoms with Gasteiger partial charge in [-0.05, 0) is 24.8 Å². The summed E-state index contributed by atoms with van der Waals surface area (Å²) in [4.78, 5) is 17.4. The molecular formula is C18H20N2O2S. The Morgan fingerprint density at radius 1 is 1.09 bits per heavy atom. The summed E-state index contributed by atoms with van der Waals surface area (Å²) in [5, 5.41) is 9.39. The molecule has 3 aromatic rings. The average Bonchev–Trinajstić information content (AvgIpc) is 3.10. The minimum Gasteiger partial charge on any atom is -0.477 e. The fraction of sp³-hybridized carbons (Fsp3) is 0.333. The van der Waals surface area contributed by atoms with Crippen molar-refractivity contribution in [2.45, 2.75) is 40.0 Å². The maximum absolute atomic E-state index is 11.4. The molecule has 0 saturated heterocycles. The van der Waals surface area contributed by atoms with Crippen LogP contribution in [0.2, 0.25) is 0 Å². The van der Waals surface area contributed by atoms with Gasteiger partial charge in [0, 0.05) is 11.3 Å². The lowest BCUT2D eigenvalue weighted by Crippen LogP contribution is -2.03. The van der Waals surface area contributed by atoms with Crippen LogP contribution in [-0.4, -0.2) is 20.5 Å². The highest BCUT2D eigenvalue weighted by Crippen LogP contribution is 2.32. The molecule has 1 N–H and O–H groups in total. The van der Waals surface area contributed by atoms with Crippen LogP contribution in [0.5, 0.6) is 0 Å². The molecule has 2 aromatic heterocycles. The fourth-order valence-electron chi connectivity index (χ4n) is 2.97. The first-order valence-electron chi connectivity index (χ1n) is 7.96. The summed E-state index contributed by atoms with van der Waals surface area (Å²) >= 11 is 1.26. The van der Waals surface area contributed by atoms with Gasteiger partial charge in [0.15, 0.2) is 4.96 Å². The van der Waals surface area contributed by atoms with Gasteiger partial charge in [0.25, 0.3) is 0 Å². The summed E-state index contributed by atoms with van der Waals surface area (Å²) < 4.78 is 2.04. The molecule has 1 aromatic carbocycles. The van der Waals surface area contributed by atoms with Gasteiger partial charge in [-0.2, -0.15) is 0 Å². The SMILES string of the molecule is CCc1ccc(-c2nc3sc(C(=O)O)c(CC)n3c2CC)cc1. The number of aromatic carboxylic acids is 1. The minimum absolute atomic E-state index is 0.401. The van der Waals surface area contributed by atoms with E-state index in [1.54, 1.807) is 0 Å². The van der Waals surface area contributed by atoms with Crippen molar-refractivity contribution in [3.8, 4) is 11.3 Å². The van der Waals surface area contributed by atoms with E-state index >= 15 is 0 Å².